The lowest BCUT2D eigenvalue weighted by Gasteiger charge is -2.39. The molecule has 0 bridgehead atoms. The number of aryl methyl sites for hydroxylation is 1. The molecule has 0 spiro atoms. The van der Waals surface area contributed by atoms with Crippen molar-refractivity contribution in [2.24, 2.45) is 5.92 Å². The van der Waals surface area contributed by atoms with E-state index in [0.717, 1.165) is 0 Å². The number of halogens is 4. The molecule has 35 heavy (non-hydrogen) atoms. The second-order valence-electron chi connectivity index (χ2n) is 8.38. The van der Waals surface area contributed by atoms with Gasteiger partial charge in [0.15, 0.2) is 11.6 Å². The van der Waals surface area contributed by atoms with Gasteiger partial charge in [-0.05, 0) is 51.0 Å². The second-order valence-corrected chi connectivity index (χ2v) is 8.38. The Morgan fingerprint density at radius 3 is 2.63 bits per heavy atom. The van der Waals surface area contributed by atoms with E-state index in [-0.39, 0.29) is 30.2 Å². The Bertz CT molecular complexity index is 1210. The third kappa shape index (κ3) is 5.39. The molecule has 1 aliphatic heterocycles. The molecular weight excluding hydrogens is 466 g/mol. The summed E-state index contributed by atoms with van der Waals surface area (Å²) >= 11 is 0. The third-order valence-electron chi connectivity index (χ3n) is 6.02. The first kappa shape index (κ1) is 24.5. The van der Waals surface area contributed by atoms with Crippen LogP contribution in [-0.4, -0.2) is 49.9 Å². The Morgan fingerprint density at radius 1 is 1.20 bits per heavy atom. The lowest BCUT2D eigenvalue weighted by Crippen LogP contribution is -2.48. The number of likely N-dealkylation sites (tertiary alicyclic amines) is 1. The highest BCUT2D eigenvalue weighted by Gasteiger charge is 2.35. The summed E-state index contributed by atoms with van der Waals surface area (Å²) in [6, 6.07) is 5.29. The molecule has 2 atom stereocenters. The summed E-state index contributed by atoms with van der Waals surface area (Å²) < 4.78 is 57.8. The fourth-order valence-corrected chi connectivity index (χ4v) is 4.08. The molecule has 4 rings (SSSR count). The van der Waals surface area contributed by atoms with Gasteiger partial charge in [-0.15, -0.1) is 0 Å². The van der Waals surface area contributed by atoms with Crippen LogP contribution in [0.5, 0.6) is 5.88 Å². The van der Waals surface area contributed by atoms with Gasteiger partial charge in [0.2, 0.25) is 5.88 Å². The normalized spacial score (nSPS) is 18.4. The summed E-state index contributed by atoms with van der Waals surface area (Å²) in [7, 11) is 0. The molecule has 7 nitrogen and oxygen atoms in total. The van der Waals surface area contributed by atoms with Crippen LogP contribution in [0.3, 0.4) is 0 Å². The maximum atomic E-state index is 14.1. The number of alkyl halides is 3. The highest BCUT2D eigenvalue weighted by Crippen LogP contribution is 2.32. The van der Waals surface area contributed by atoms with Crippen LogP contribution < -0.4 is 4.74 Å². The van der Waals surface area contributed by atoms with E-state index in [1.807, 2.05) is 6.92 Å². The average molecular weight is 489 g/mol. The van der Waals surface area contributed by atoms with Gasteiger partial charge in [0.05, 0.1) is 17.7 Å². The lowest BCUT2D eigenvalue weighted by molar-refractivity contribution is -0.138. The first-order valence-electron chi connectivity index (χ1n) is 11.1. The number of hydrogen-bond donors (Lipinski definition) is 0. The zero-order valence-electron chi connectivity index (χ0n) is 19.1. The molecule has 0 aromatic carbocycles. The minimum absolute atomic E-state index is 0.00384. The predicted molar refractivity (Wildman–Crippen MR) is 118 cm³/mol. The quantitative estimate of drug-likeness (QED) is 0.483. The van der Waals surface area contributed by atoms with Crippen LogP contribution in [0, 0.1) is 18.7 Å². The molecule has 1 amide bonds. The molecule has 0 saturated carbocycles. The van der Waals surface area contributed by atoms with Crippen LogP contribution in [-0.2, 0) is 6.18 Å². The fraction of sp³-hybridized carbons (Fsp3) is 0.375. The van der Waals surface area contributed by atoms with Gasteiger partial charge in [0.25, 0.3) is 5.91 Å². The van der Waals surface area contributed by atoms with Gasteiger partial charge in [-0.25, -0.2) is 24.3 Å². The Labute approximate surface area is 199 Å². The molecule has 184 valence electrons. The van der Waals surface area contributed by atoms with Gasteiger partial charge in [-0.1, -0.05) is 0 Å². The van der Waals surface area contributed by atoms with Gasteiger partial charge < -0.3 is 9.64 Å². The number of amides is 1. The predicted octanol–water partition coefficient (Wildman–Crippen LogP) is 4.72. The minimum Gasteiger partial charge on any atom is -0.475 e. The Balaban J connectivity index is 1.51. The lowest BCUT2D eigenvalue weighted by atomic mass is 9.90. The Hall–Kier alpha value is -3.63. The maximum Gasteiger partial charge on any atom is 0.417 e. The third-order valence-corrected chi connectivity index (χ3v) is 6.02. The number of nitrogens with zero attached hydrogens (tertiary/aromatic N) is 5. The number of ether oxygens (including phenoxy) is 1. The van der Waals surface area contributed by atoms with Crippen molar-refractivity contribution >= 4 is 5.91 Å². The molecule has 0 aliphatic carbocycles. The number of aromatic nitrogens is 4. The van der Waals surface area contributed by atoms with Crippen molar-refractivity contribution in [3.8, 4) is 17.3 Å². The fourth-order valence-electron chi connectivity index (χ4n) is 4.08. The molecular formula is C24H23F4N5O2. The summed E-state index contributed by atoms with van der Waals surface area (Å²) in [4.78, 5) is 31.7. The SMILES string of the molecule is Cc1ccc(-c2ncccn2)c(C(=O)N2CCC[C@@H](COc3ncc(C(F)(F)F)cc3F)[C@@H]2C)n1. The van der Waals surface area contributed by atoms with E-state index in [1.54, 1.807) is 42.4 Å². The molecule has 4 heterocycles. The van der Waals surface area contributed by atoms with E-state index >= 15 is 0 Å². The summed E-state index contributed by atoms with van der Waals surface area (Å²) in [5.41, 5.74) is 0.235. The molecule has 11 heteroatoms. The number of carbonyl (C=O) groups excluding carboxylic acids is 1. The second kappa shape index (κ2) is 9.93. The van der Waals surface area contributed by atoms with Crippen molar-refractivity contribution in [3.05, 3.63) is 65.6 Å². The van der Waals surface area contributed by atoms with Crippen molar-refractivity contribution in [2.45, 2.75) is 38.9 Å². The summed E-state index contributed by atoms with van der Waals surface area (Å²) in [6.07, 6.45) is 0.385. The molecule has 0 radical (unpaired) electrons. The number of pyridine rings is 2. The molecule has 3 aromatic heterocycles. The highest BCUT2D eigenvalue weighted by atomic mass is 19.4. The van der Waals surface area contributed by atoms with E-state index in [4.69, 9.17) is 4.74 Å². The van der Waals surface area contributed by atoms with Crippen LogP contribution in [0.4, 0.5) is 17.6 Å². The van der Waals surface area contributed by atoms with E-state index in [1.165, 1.54) is 0 Å². The summed E-state index contributed by atoms with van der Waals surface area (Å²) in [5, 5.41) is 0. The minimum atomic E-state index is -4.70. The molecule has 1 fully saturated rings. The number of piperidine rings is 1. The molecule has 1 aliphatic rings. The summed E-state index contributed by atoms with van der Waals surface area (Å²) in [5.74, 6) is -1.77. The molecule has 0 unspecified atom stereocenters. The monoisotopic (exact) mass is 489 g/mol. The van der Waals surface area contributed by atoms with Crippen LogP contribution in [0.2, 0.25) is 0 Å². The van der Waals surface area contributed by atoms with Crippen LogP contribution >= 0.6 is 0 Å². The first-order valence-corrected chi connectivity index (χ1v) is 11.1. The topological polar surface area (TPSA) is 81.1 Å². The number of hydrogen-bond acceptors (Lipinski definition) is 6. The van der Waals surface area contributed by atoms with Crippen molar-refractivity contribution in [3.63, 3.8) is 0 Å². The first-order chi connectivity index (χ1) is 16.6. The van der Waals surface area contributed by atoms with E-state index in [0.29, 0.717) is 48.7 Å². The van der Waals surface area contributed by atoms with E-state index in [9.17, 15) is 22.4 Å². The van der Waals surface area contributed by atoms with E-state index < -0.39 is 23.4 Å². The maximum absolute atomic E-state index is 14.1. The van der Waals surface area contributed by atoms with Gasteiger partial charge >= 0.3 is 6.18 Å². The Morgan fingerprint density at radius 2 is 1.94 bits per heavy atom. The van der Waals surface area contributed by atoms with Crippen molar-refractivity contribution in [1.29, 1.82) is 0 Å². The average Bonchev–Trinajstić information content (AvgIpc) is 2.83. The van der Waals surface area contributed by atoms with Crippen molar-refractivity contribution < 1.29 is 27.1 Å². The molecule has 0 N–H and O–H groups in total. The smallest absolute Gasteiger partial charge is 0.417 e. The van der Waals surface area contributed by atoms with Gasteiger partial charge in [0.1, 0.15) is 5.69 Å². The number of carbonyl (C=O) groups is 1. The van der Waals surface area contributed by atoms with Crippen molar-refractivity contribution in [2.75, 3.05) is 13.2 Å². The van der Waals surface area contributed by atoms with Gasteiger partial charge in [-0.2, -0.15) is 13.2 Å². The zero-order valence-corrected chi connectivity index (χ0v) is 19.1. The summed E-state index contributed by atoms with van der Waals surface area (Å²) in [6.45, 7) is 4.13. The van der Waals surface area contributed by atoms with Crippen molar-refractivity contribution in [1.82, 2.24) is 24.8 Å². The van der Waals surface area contributed by atoms with Crippen LogP contribution in [0.15, 0.2) is 42.9 Å². The standard InChI is InChI=1S/C24H23F4N5O2/c1-14-6-7-18(21-29-8-4-9-30-21)20(32-14)23(34)33-10-3-5-16(15(33)2)13-35-22-19(25)11-17(12-31-22)24(26,27)28/h4,6-9,11-12,15-16H,3,5,10,13H2,1-2H3/t15-,16-/m0/s1. The van der Waals surface area contributed by atoms with Crippen LogP contribution in [0.25, 0.3) is 11.4 Å². The number of rotatable bonds is 5. The van der Waals surface area contributed by atoms with Gasteiger partial charge in [0, 0.05) is 42.8 Å². The largest absolute Gasteiger partial charge is 0.475 e. The van der Waals surface area contributed by atoms with E-state index in [2.05, 4.69) is 19.9 Å². The highest BCUT2D eigenvalue weighted by molar-refractivity contribution is 5.98. The molecule has 1 saturated heterocycles. The Kier molecular flexibility index (Phi) is 6.95. The zero-order chi connectivity index (χ0) is 25.2. The van der Waals surface area contributed by atoms with Gasteiger partial charge in [-0.3, -0.25) is 4.79 Å². The molecule has 3 aromatic rings. The van der Waals surface area contributed by atoms with Crippen LogP contribution in [0.1, 0.15) is 41.5 Å².